The van der Waals surface area contributed by atoms with Crippen molar-refractivity contribution in [3.8, 4) is 0 Å². The topological polar surface area (TPSA) is 93.5 Å². The van der Waals surface area contributed by atoms with Crippen LogP contribution in [0.4, 0.5) is 5.69 Å². The molecule has 0 saturated heterocycles. The first-order valence-corrected chi connectivity index (χ1v) is 5.94. The maximum atomic E-state index is 11.8. The van der Waals surface area contributed by atoms with Crippen LogP contribution >= 0.6 is 0 Å². The number of nitrogens with one attached hydrogen (secondary N) is 2. The molecule has 6 nitrogen and oxygen atoms in total. The largest absolute Gasteiger partial charge is 0.399 e. The van der Waals surface area contributed by atoms with E-state index < -0.39 is 0 Å². The van der Waals surface area contributed by atoms with Crippen molar-refractivity contribution in [2.24, 2.45) is 0 Å². The molecule has 0 unspecified atom stereocenters. The van der Waals surface area contributed by atoms with Crippen LogP contribution in [-0.4, -0.2) is 38.6 Å². The number of nitrogens with two attached hydrogens (primary N) is 1. The number of hydrogen-bond acceptors (Lipinski definition) is 4. The van der Waals surface area contributed by atoms with Crippen molar-refractivity contribution in [3.63, 3.8) is 0 Å². The lowest BCUT2D eigenvalue weighted by Gasteiger charge is -2.07. The van der Waals surface area contributed by atoms with Gasteiger partial charge in [-0.1, -0.05) is 0 Å². The summed E-state index contributed by atoms with van der Waals surface area (Å²) in [6, 6.07) is 5.06. The van der Waals surface area contributed by atoms with E-state index in [9.17, 15) is 9.59 Å². The number of carbonyl (C=O) groups excluding carboxylic acids is 2. The third-order valence-electron chi connectivity index (χ3n) is 2.40. The van der Waals surface area contributed by atoms with Crippen molar-refractivity contribution < 1.29 is 14.3 Å². The monoisotopic (exact) mass is 265 g/mol. The number of ether oxygens (including phenoxy) is 1. The number of rotatable bonds is 6. The first-order chi connectivity index (χ1) is 9.02. The van der Waals surface area contributed by atoms with Gasteiger partial charge in [-0.2, -0.15) is 0 Å². The van der Waals surface area contributed by atoms with Crippen LogP contribution in [0.3, 0.4) is 0 Å². The minimum absolute atomic E-state index is 0.0730. The molecule has 0 atom stereocenters. The first kappa shape index (κ1) is 15.0. The zero-order valence-electron chi connectivity index (χ0n) is 11.2. The molecule has 104 valence electrons. The lowest BCUT2D eigenvalue weighted by molar-refractivity contribution is -0.120. The van der Waals surface area contributed by atoms with Gasteiger partial charge >= 0.3 is 0 Å². The van der Waals surface area contributed by atoms with Crippen molar-refractivity contribution in [1.29, 1.82) is 0 Å². The average molecular weight is 265 g/mol. The molecule has 6 heteroatoms. The normalized spacial score (nSPS) is 10.0. The molecular weight excluding hydrogens is 246 g/mol. The zero-order chi connectivity index (χ0) is 14.3. The van der Waals surface area contributed by atoms with Crippen molar-refractivity contribution in [2.45, 2.75) is 6.92 Å². The van der Waals surface area contributed by atoms with Gasteiger partial charge in [-0.3, -0.25) is 9.59 Å². The van der Waals surface area contributed by atoms with Crippen LogP contribution in [0, 0.1) is 6.92 Å². The number of hydrogen-bond donors (Lipinski definition) is 3. The van der Waals surface area contributed by atoms with Crippen LogP contribution < -0.4 is 16.4 Å². The molecule has 4 N–H and O–H groups in total. The molecule has 0 aliphatic rings. The molecule has 1 aromatic carbocycles. The van der Waals surface area contributed by atoms with Gasteiger partial charge in [-0.05, 0) is 30.7 Å². The van der Waals surface area contributed by atoms with E-state index in [0.717, 1.165) is 5.56 Å². The van der Waals surface area contributed by atoms with E-state index in [1.807, 2.05) is 6.92 Å². The second kappa shape index (κ2) is 7.38. The molecule has 2 amide bonds. The number of anilines is 1. The summed E-state index contributed by atoms with van der Waals surface area (Å²) in [4.78, 5) is 23.2. The van der Waals surface area contributed by atoms with Gasteiger partial charge in [0.2, 0.25) is 5.91 Å². The molecule has 0 bridgehead atoms. The standard InChI is InChI=1S/C13H19N3O3/c1-9-5-10(7-11(14)6-9)13(18)16-8-12(17)15-3-4-19-2/h5-7H,3-4,8,14H2,1-2H3,(H,15,17)(H,16,18). The Hall–Kier alpha value is -2.08. The van der Waals surface area contributed by atoms with Crippen molar-refractivity contribution in [2.75, 3.05) is 32.5 Å². The van der Waals surface area contributed by atoms with Crippen LogP contribution in [0.1, 0.15) is 15.9 Å². The van der Waals surface area contributed by atoms with Crippen LogP contribution in [0.2, 0.25) is 0 Å². The maximum absolute atomic E-state index is 11.8. The van der Waals surface area contributed by atoms with E-state index in [0.29, 0.717) is 24.4 Å². The minimum Gasteiger partial charge on any atom is -0.399 e. The van der Waals surface area contributed by atoms with Crippen LogP contribution in [0.25, 0.3) is 0 Å². The van der Waals surface area contributed by atoms with Gasteiger partial charge < -0.3 is 21.1 Å². The number of carbonyl (C=O) groups is 2. The fourth-order valence-electron chi connectivity index (χ4n) is 1.56. The predicted octanol–water partition coefficient (Wildman–Crippen LogP) is 0.0696. The maximum Gasteiger partial charge on any atom is 0.251 e. The number of methoxy groups -OCH3 is 1. The summed E-state index contributed by atoms with van der Waals surface area (Å²) in [5.41, 5.74) is 7.53. The highest BCUT2D eigenvalue weighted by Gasteiger charge is 2.08. The van der Waals surface area contributed by atoms with Crippen molar-refractivity contribution in [1.82, 2.24) is 10.6 Å². The summed E-state index contributed by atoms with van der Waals surface area (Å²) in [6.45, 7) is 2.64. The lowest BCUT2D eigenvalue weighted by atomic mass is 10.1. The van der Waals surface area contributed by atoms with Gasteiger partial charge in [-0.25, -0.2) is 0 Å². The molecule has 1 rings (SSSR count). The molecule has 0 heterocycles. The van der Waals surface area contributed by atoms with Gasteiger partial charge in [0, 0.05) is 24.9 Å². The molecule has 0 saturated carbocycles. The lowest BCUT2D eigenvalue weighted by Crippen LogP contribution is -2.38. The highest BCUT2D eigenvalue weighted by atomic mass is 16.5. The van der Waals surface area contributed by atoms with Gasteiger partial charge in [0.05, 0.1) is 13.2 Å². The van der Waals surface area contributed by atoms with Crippen LogP contribution in [0.15, 0.2) is 18.2 Å². The number of amides is 2. The zero-order valence-corrected chi connectivity index (χ0v) is 11.2. The summed E-state index contributed by atoms with van der Waals surface area (Å²) < 4.78 is 4.80. The predicted molar refractivity (Wildman–Crippen MR) is 72.8 cm³/mol. The van der Waals surface area contributed by atoms with Gasteiger partial charge in [0.1, 0.15) is 0 Å². The molecule has 0 radical (unpaired) electrons. The summed E-state index contributed by atoms with van der Waals surface area (Å²) >= 11 is 0. The smallest absolute Gasteiger partial charge is 0.251 e. The Balaban J connectivity index is 2.44. The average Bonchev–Trinajstić information content (AvgIpc) is 2.35. The van der Waals surface area contributed by atoms with E-state index in [1.54, 1.807) is 25.3 Å². The molecule has 0 aromatic heterocycles. The quantitative estimate of drug-likeness (QED) is 0.501. The third-order valence-corrected chi connectivity index (χ3v) is 2.40. The number of nitrogen functional groups attached to an aromatic ring is 1. The Morgan fingerprint density at radius 1 is 1.26 bits per heavy atom. The summed E-state index contributed by atoms with van der Waals surface area (Å²) in [6.07, 6.45) is 0. The first-order valence-electron chi connectivity index (χ1n) is 5.94. The van der Waals surface area contributed by atoms with Gasteiger partial charge in [0.25, 0.3) is 5.91 Å². The Morgan fingerprint density at radius 3 is 2.63 bits per heavy atom. The molecule has 0 fully saturated rings. The molecule has 0 aliphatic heterocycles. The minimum atomic E-state index is -0.322. The SMILES string of the molecule is COCCNC(=O)CNC(=O)c1cc(C)cc(N)c1. The Morgan fingerprint density at radius 2 is 2.00 bits per heavy atom. The summed E-state index contributed by atoms with van der Waals surface area (Å²) in [7, 11) is 1.55. The van der Waals surface area contributed by atoms with Crippen molar-refractivity contribution in [3.05, 3.63) is 29.3 Å². The second-order valence-corrected chi connectivity index (χ2v) is 4.16. The Labute approximate surface area is 112 Å². The summed E-state index contributed by atoms with van der Waals surface area (Å²) in [5, 5.41) is 5.14. The van der Waals surface area contributed by atoms with Crippen molar-refractivity contribution >= 4 is 17.5 Å². The molecule has 19 heavy (non-hydrogen) atoms. The van der Waals surface area contributed by atoms with Gasteiger partial charge in [-0.15, -0.1) is 0 Å². The van der Waals surface area contributed by atoms with E-state index in [1.165, 1.54) is 0 Å². The van der Waals surface area contributed by atoms with E-state index in [-0.39, 0.29) is 18.4 Å². The number of benzene rings is 1. The highest BCUT2D eigenvalue weighted by molar-refractivity contribution is 5.97. The van der Waals surface area contributed by atoms with E-state index >= 15 is 0 Å². The van der Waals surface area contributed by atoms with Crippen LogP contribution in [0.5, 0.6) is 0 Å². The molecule has 0 spiro atoms. The van der Waals surface area contributed by atoms with E-state index in [2.05, 4.69) is 10.6 Å². The molecule has 0 aliphatic carbocycles. The fourth-order valence-corrected chi connectivity index (χ4v) is 1.56. The Kier molecular flexibility index (Phi) is 5.81. The van der Waals surface area contributed by atoms with Gasteiger partial charge in [0.15, 0.2) is 0 Å². The van der Waals surface area contributed by atoms with Crippen LogP contribution in [-0.2, 0) is 9.53 Å². The fraction of sp³-hybridized carbons (Fsp3) is 0.385. The third kappa shape index (κ3) is 5.39. The highest BCUT2D eigenvalue weighted by Crippen LogP contribution is 2.10. The molecule has 1 aromatic rings. The Bertz CT molecular complexity index is 440. The number of aryl methyl sites for hydroxylation is 1. The summed E-state index contributed by atoms with van der Waals surface area (Å²) in [5.74, 6) is -0.580. The van der Waals surface area contributed by atoms with E-state index in [4.69, 9.17) is 10.5 Å². The second-order valence-electron chi connectivity index (χ2n) is 4.16. The molecular formula is C13H19N3O3.